The van der Waals surface area contributed by atoms with Gasteiger partial charge in [0.05, 0.1) is 0 Å². The van der Waals surface area contributed by atoms with Gasteiger partial charge in [0.25, 0.3) is 0 Å². The van der Waals surface area contributed by atoms with E-state index in [0.29, 0.717) is 0 Å². The van der Waals surface area contributed by atoms with E-state index in [4.69, 9.17) is 0 Å². The molecule has 1 aromatic rings. The summed E-state index contributed by atoms with van der Waals surface area (Å²) in [5, 5.41) is 0. The highest BCUT2D eigenvalue weighted by molar-refractivity contribution is 7.93. The molecular weight excluding hydrogens is 196 g/mol. The summed E-state index contributed by atoms with van der Waals surface area (Å²) in [6.07, 6.45) is 2.13. The lowest BCUT2D eigenvalue weighted by Crippen LogP contribution is -2.01. The first-order valence-electron chi connectivity index (χ1n) is 4.40. The molecule has 2 heteroatoms. The van der Waals surface area contributed by atoms with E-state index in [9.17, 15) is 0 Å². The van der Waals surface area contributed by atoms with Crippen LogP contribution in [0.25, 0.3) is 4.91 Å². The molecule has 0 bridgehead atoms. The Morgan fingerprint density at radius 2 is 1.92 bits per heavy atom. The number of allylic oxidation sites excluding steroid dienone is 1. The zero-order valence-electron chi connectivity index (χ0n) is 7.54. The van der Waals surface area contributed by atoms with Gasteiger partial charge in [0.2, 0.25) is 0 Å². The second-order valence-corrected chi connectivity index (χ2v) is 4.38. The van der Waals surface area contributed by atoms with Gasteiger partial charge < -0.3 is 0 Å². The second kappa shape index (κ2) is 3.43. The maximum Gasteiger partial charge on any atom is 0.0208 e. The summed E-state index contributed by atoms with van der Waals surface area (Å²) in [5.41, 5.74) is 4.06. The van der Waals surface area contributed by atoms with Gasteiger partial charge in [-0.25, -0.2) is 0 Å². The third kappa shape index (κ3) is 1.53. The van der Waals surface area contributed by atoms with Crippen molar-refractivity contribution in [2.75, 3.05) is 0 Å². The topological polar surface area (TPSA) is 0 Å². The summed E-state index contributed by atoms with van der Waals surface area (Å²) in [5.74, 6) is 0. The van der Waals surface area contributed by atoms with E-state index in [0.717, 1.165) is 22.7 Å². The first-order chi connectivity index (χ1) is 6.20. The lowest BCUT2D eigenvalue weighted by molar-refractivity contribution is 0.959. The van der Waals surface area contributed by atoms with Crippen LogP contribution in [0.15, 0.2) is 23.1 Å². The zero-order valence-corrected chi connectivity index (χ0v) is 9.33. The van der Waals surface area contributed by atoms with Gasteiger partial charge in [-0.05, 0) is 41.4 Å². The Labute approximate surface area is 89.9 Å². The molecule has 1 aromatic carbocycles. The van der Waals surface area contributed by atoms with Crippen LogP contribution in [0.2, 0.25) is 0 Å². The highest BCUT2D eigenvalue weighted by atomic mass is 32.1. The zero-order chi connectivity index (χ0) is 9.42. The van der Waals surface area contributed by atoms with Crippen LogP contribution in [-0.2, 0) is 6.42 Å². The van der Waals surface area contributed by atoms with Crippen LogP contribution >= 0.6 is 25.3 Å². The van der Waals surface area contributed by atoms with E-state index in [2.05, 4.69) is 50.4 Å². The fourth-order valence-corrected chi connectivity index (χ4v) is 2.33. The molecule has 0 fully saturated rings. The van der Waals surface area contributed by atoms with Gasteiger partial charge >= 0.3 is 0 Å². The second-order valence-electron chi connectivity index (χ2n) is 3.40. The molecule has 1 aliphatic rings. The molecule has 0 aromatic heterocycles. The molecule has 0 radical (unpaired) electrons. The first kappa shape index (κ1) is 9.22. The molecule has 0 atom stereocenters. The highest BCUT2D eigenvalue weighted by Gasteiger charge is 2.15. The van der Waals surface area contributed by atoms with Crippen LogP contribution < -0.4 is 0 Å². The Hall–Kier alpha value is -0.340. The van der Waals surface area contributed by atoms with Crippen molar-refractivity contribution in [3.8, 4) is 0 Å². The van der Waals surface area contributed by atoms with Gasteiger partial charge in [0.15, 0.2) is 0 Å². The smallest absolute Gasteiger partial charge is 0.0208 e. The summed E-state index contributed by atoms with van der Waals surface area (Å²) in [7, 11) is 0. The molecule has 0 spiro atoms. The molecule has 13 heavy (non-hydrogen) atoms. The minimum Gasteiger partial charge on any atom is -0.147 e. The van der Waals surface area contributed by atoms with Crippen molar-refractivity contribution < 1.29 is 0 Å². The number of rotatable bonds is 0. The minimum absolute atomic E-state index is 1.03. The van der Waals surface area contributed by atoms with E-state index < -0.39 is 0 Å². The van der Waals surface area contributed by atoms with Crippen LogP contribution in [-0.4, -0.2) is 0 Å². The number of benzene rings is 1. The molecule has 0 nitrogen and oxygen atoms in total. The molecule has 0 unspecified atom stereocenters. The molecule has 0 saturated heterocycles. The lowest BCUT2D eigenvalue weighted by atomic mass is 9.93. The SMILES string of the molecule is Cc1cccc2c1CCC(S)=C2S. The molecule has 0 heterocycles. The van der Waals surface area contributed by atoms with E-state index >= 15 is 0 Å². The summed E-state index contributed by atoms with van der Waals surface area (Å²) >= 11 is 8.90. The highest BCUT2D eigenvalue weighted by Crippen LogP contribution is 2.36. The quantitative estimate of drug-likeness (QED) is 0.599. The van der Waals surface area contributed by atoms with Crippen LogP contribution in [0, 0.1) is 6.92 Å². The Morgan fingerprint density at radius 3 is 2.69 bits per heavy atom. The van der Waals surface area contributed by atoms with Crippen molar-refractivity contribution in [2.45, 2.75) is 19.8 Å². The predicted molar refractivity (Wildman–Crippen MR) is 64.4 cm³/mol. The average molecular weight is 208 g/mol. The van der Waals surface area contributed by atoms with Crippen molar-refractivity contribution in [3.05, 3.63) is 39.8 Å². The van der Waals surface area contributed by atoms with E-state index in [1.807, 2.05) is 0 Å². The number of hydrogen-bond acceptors (Lipinski definition) is 2. The fraction of sp³-hybridized carbons (Fsp3) is 0.273. The Kier molecular flexibility index (Phi) is 2.43. The van der Waals surface area contributed by atoms with E-state index in [1.54, 1.807) is 0 Å². The van der Waals surface area contributed by atoms with Gasteiger partial charge in [-0.1, -0.05) is 18.2 Å². The lowest BCUT2D eigenvalue weighted by Gasteiger charge is -2.19. The summed E-state index contributed by atoms with van der Waals surface area (Å²) in [4.78, 5) is 2.16. The van der Waals surface area contributed by atoms with Crippen molar-refractivity contribution in [1.82, 2.24) is 0 Å². The Morgan fingerprint density at radius 1 is 1.15 bits per heavy atom. The van der Waals surface area contributed by atoms with Crippen molar-refractivity contribution in [1.29, 1.82) is 0 Å². The van der Waals surface area contributed by atoms with Gasteiger partial charge in [-0.15, -0.1) is 25.3 Å². The molecular formula is C11H12S2. The summed E-state index contributed by atoms with van der Waals surface area (Å²) in [6.45, 7) is 2.16. The number of hydrogen-bond donors (Lipinski definition) is 2. The molecule has 0 N–H and O–H groups in total. The molecule has 0 aliphatic heterocycles. The molecule has 68 valence electrons. The normalized spacial score (nSPS) is 15.9. The predicted octanol–water partition coefficient (Wildman–Crippen LogP) is 3.47. The standard InChI is InChI=1S/C11H12S2/c1-7-3-2-4-9-8(7)5-6-10(12)11(9)13/h2-4,12-13H,5-6H2,1H3. The summed E-state index contributed by atoms with van der Waals surface area (Å²) < 4.78 is 0. The number of fused-ring (bicyclic) bond motifs is 1. The third-order valence-electron chi connectivity index (χ3n) is 2.55. The maximum atomic E-state index is 4.49. The summed E-state index contributed by atoms with van der Waals surface area (Å²) in [6, 6.07) is 6.36. The van der Waals surface area contributed by atoms with Crippen molar-refractivity contribution in [2.24, 2.45) is 0 Å². The molecule has 2 rings (SSSR count). The van der Waals surface area contributed by atoms with Crippen LogP contribution in [0.1, 0.15) is 23.1 Å². The first-order valence-corrected chi connectivity index (χ1v) is 5.29. The van der Waals surface area contributed by atoms with Crippen molar-refractivity contribution >= 4 is 30.2 Å². The maximum absolute atomic E-state index is 4.49. The van der Waals surface area contributed by atoms with Gasteiger partial charge in [0.1, 0.15) is 0 Å². The third-order valence-corrected chi connectivity index (χ3v) is 3.68. The van der Waals surface area contributed by atoms with E-state index in [1.165, 1.54) is 16.7 Å². The fourth-order valence-electron chi connectivity index (χ4n) is 1.77. The molecule has 0 saturated carbocycles. The molecule has 1 aliphatic carbocycles. The largest absolute Gasteiger partial charge is 0.147 e. The van der Waals surface area contributed by atoms with E-state index in [-0.39, 0.29) is 0 Å². The van der Waals surface area contributed by atoms with Gasteiger partial charge in [-0.3, -0.25) is 0 Å². The monoisotopic (exact) mass is 208 g/mol. The molecule has 0 amide bonds. The average Bonchev–Trinajstić information content (AvgIpc) is 2.12. The minimum atomic E-state index is 1.03. The van der Waals surface area contributed by atoms with Crippen molar-refractivity contribution in [3.63, 3.8) is 0 Å². The van der Waals surface area contributed by atoms with Crippen LogP contribution in [0.5, 0.6) is 0 Å². The Bertz CT molecular complexity index is 378. The number of aryl methyl sites for hydroxylation is 1. The van der Waals surface area contributed by atoms with Crippen LogP contribution in [0.3, 0.4) is 0 Å². The van der Waals surface area contributed by atoms with Crippen LogP contribution in [0.4, 0.5) is 0 Å². The number of thiol groups is 2. The van der Waals surface area contributed by atoms with Gasteiger partial charge in [-0.2, -0.15) is 0 Å². The van der Waals surface area contributed by atoms with Gasteiger partial charge in [0, 0.05) is 4.91 Å². The Balaban J connectivity index is 2.64.